The lowest BCUT2D eigenvalue weighted by atomic mass is 9.97. The van der Waals surface area contributed by atoms with Crippen LogP contribution in [0.1, 0.15) is 162 Å². The summed E-state index contributed by atoms with van der Waals surface area (Å²) in [6.45, 7) is 2.57. The smallest absolute Gasteiger partial charge is 0.220 e. The lowest BCUT2D eigenvalue weighted by Gasteiger charge is -2.46. The minimum absolute atomic E-state index is 0.207. The molecule has 2 aliphatic rings. The zero-order chi connectivity index (χ0) is 57.4. The van der Waals surface area contributed by atoms with Crippen molar-refractivity contribution in [3.8, 4) is 0 Å². The zero-order valence-electron chi connectivity index (χ0n) is 47.8. The molecule has 2 rings (SSSR count). The van der Waals surface area contributed by atoms with E-state index >= 15 is 0 Å². The predicted molar refractivity (Wildman–Crippen MR) is 318 cm³/mol. The third-order valence-electron chi connectivity index (χ3n) is 13.3. The van der Waals surface area contributed by atoms with Crippen molar-refractivity contribution in [2.75, 3.05) is 19.8 Å². The number of nitrogens with one attached hydrogen (secondary N) is 1. The third-order valence-corrected chi connectivity index (χ3v) is 13.3. The van der Waals surface area contributed by atoms with E-state index in [0.29, 0.717) is 12.8 Å². The van der Waals surface area contributed by atoms with E-state index < -0.39 is 86.8 Å². The van der Waals surface area contributed by atoms with Crippen LogP contribution in [0.15, 0.2) is 146 Å². The molecule has 0 aromatic rings. The number of amides is 1. The van der Waals surface area contributed by atoms with Crippen LogP contribution < -0.4 is 5.32 Å². The molecule has 0 spiro atoms. The molecule has 9 N–H and O–H groups in total. The Balaban J connectivity index is 1.74. The number of carbonyl (C=O) groups excluding carboxylic acids is 1. The Labute approximate surface area is 474 Å². The molecule has 2 aliphatic heterocycles. The van der Waals surface area contributed by atoms with Crippen molar-refractivity contribution >= 4 is 5.91 Å². The lowest BCUT2D eigenvalue weighted by Crippen LogP contribution is -2.65. The molecular formula is C65H103NO13. The molecule has 2 heterocycles. The molecule has 0 saturated carbocycles. The number of hydrogen-bond donors (Lipinski definition) is 9. The topological polar surface area (TPSA) is 228 Å². The fourth-order valence-corrected chi connectivity index (χ4v) is 8.51. The number of allylic oxidation sites excluding steroid dienone is 23. The SMILES string of the molecule is CC/C=C\C/C=C\C/C=C\C/C=C\C/C=C\C/C=C\C/C=C\C/C=C\C/C=C\C/C=C\CCCCC(=O)NC(COC1OC(CO)C(OC2OC(CO)C(O)C(O)C2O)C(O)C1O)C(O)/C=C/CC/C=C/CCCCCCCC. The largest absolute Gasteiger partial charge is 0.394 e. The molecule has 0 aromatic heterocycles. The summed E-state index contributed by atoms with van der Waals surface area (Å²) >= 11 is 0. The van der Waals surface area contributed by atoms with Gasteiger partial charge >= 0.3 is 0 Å². The van der Waals surface area contributed by atoms with Gasteiger partial charge < -0.3 is 65.1 Å². The van der Waals surface area contributed by atoms with Crippen molar-refractivity contribution < 1.29 is 64.6 Å². The molecule has 12 unspecified atom stereocenters. The number of rotatable bonds is 44. The normalized spacial score (nSPS) is 25.5. The van der Waals surface area contributed by atoms with Crippen LogP contribution in [0.2, 0.25) is 0 Å². The first kappa shape index (κ1) is 71.0. The summed E-state index contributed by atoms with van der Waals surface area (Å²) in [7, 11) is 0. The highest BCUT2D eigenvalue weighted by Crippen LogP contribution is 2.30. The minimum atomic E-state index is -1.80. The van der Waals surface area contributed by atoms with Gasteiger partial charge in [-0.2, -0.15) is 0 Å². The van der Waals surface area contributed by atoms with Crippen LogP contribution >= 0.6 is 0 Å². The second-order valence-electron chi connectivity index (χ2n) is 20.0. The van der Waals surface area contributed by atoms with Crippen LogP contribution in [0.5, 0.6) is 0 Å². The summed E-state index contributed by atoms with van der Waals surface area (Å²) in [6, 6.07) is -0.965. The van der Waals surface area contributed by atoms with Crippen LogP contribution in [0, 0.1) is 0 Å². The summed E-state index contributed by atoms with van der Waals surface area (Å²) < 4.78 is 22.7. The first-order chi connectivity index (χ1) is 38.6. The molecule has 0 radical (unpaired) electrons. The molecule has 14 heteroatoms. The van der Waals surface area contributed by atoms with Gasteiger partial charge in [0.25, 0.3) is 0 Å². The number of aliphatic hydroxyl groups is 8. The van der Waals surface area contributed by atoms with Crippen molar-refractivity contribution in [3.05, 3.63) is 146 Å². The van der Waals surface area contributed by atoms with Crippen molar-refractivity contribution in [1.29, 1.82) is 0 Å². The highest BCUT2D eigenvalue weighted by atomic mass is 16.7. The van der Waals surface area contributed by atoms with Gasteiger partial charge in [0.05, 0.1) is 32.0 Å². The minimum Gasteiger partial charge on any atom is -0.394 e. The Morgan fingerprint density at radius 2 is 0.886 bits per heavy atom. The Morgan fingerprint density at radius 1 is 0.468 bits per heavy atom. The fourth-order valence-electron chi connectivity index (χ4n) is 8.51. The monoisotopic (exact) mass is 1110 g/mol. The van der Waals surface area contributed by atoms with E-state index in [9.17, 15) is 45.6 Å². The van der Waals surface area contributed by atoms with Crippen molar-refractivity contribution in [2.24, 2.45) is 0 Å². The highest BCUT2D eigenvalue weighted by Gasteiger charge is 2.51. The first-order valence-electron chi connectivity index (χ1n) is 29.6. The van der Waals surface area contributed by atoms with E-state index in [-0.39, 0.29) is 18.9 Å². The average Bonchev–Trinajstić information content (AvgIpc) is 3.49. The van der Waals surface area contributed by atoms with Crippen LogP contribution in [0.3, 0.4) is 0 Å². The zero-order valence-corrected chi connectivity index (χ0v) is 47.8. The quantitative estimate of drug-likeness (QED) is 0.0205. The fraction of sp³-hybridized carbons (Fsp3) is 0.615. The van der Waals surface area contributed by atoms with Gasteiger partial charge in [-0.1, -0.05) is 192 Å². The second kappa shape index (κ2) is 48.6. The molecule has 79 heavy (non-hydrogen) atoms. The molecule has 446 valence electrons. The second-order valence-corrected chi connectivity index (χ2v) is 20.0. The molecular weight excluding hydrogens is 1000 g/mol. The molecule has 0 bridgehead atoms. The summed E-state index contributed by atoms with van der Waals surface area (Å²) in [5.74, 6) is -0.301. The standard InChI is InChI=1S/C65H103NO13/c1-3-5-7-9-11-13-15-17-18-19-20-21-22-23-24-25-26-27-28-29-30-31-32-33-34-35-36-37-39-41-43-45-47-49-57(70)66-53(54(69)48-46-44-42-40-38-16-14-12-10-8-6-4-2)52-76-64-62(75)60(73)63(56(51-68)78-64)79-65-61(74)59(72)58(71)55(50-67)77-65/h5,7,11,13,17-18,20-21,23-24,26-27,29-30,32-33,35-36,38-41,46,48,53-56,58-65,67-69,71-75H,3-4,6,8-10,12,14-16,19,22,25,28,31,34,37,42-45,47,49-52H2,1-2H3,(H,66,70)/b7-5-,13-11-,18-17-,21-20-,24-23-,27-26-,30-29-,33-32-,36-35-,40-38+,41-39-,48-46+. The van der Waals surface area contributed by atoms with Gasteiger partial charge in [-0.05, 0) is 109 Å². The van der Waals surface area contributed by atoms with Gasteiger partial charge in [-0.25, -0.2) is 0 Å². The number of carbonyl (C=O) groups is 1. The summed E-state index contributed by atoms with van der Waals surface area (Å²) in [5.41, 5.74) is 0. The maximum atomic E-state index is 13.2. The van der Waals surface area contributed by atoms with Gasteiger partial charge in [0.2, 0.25) is 5.91 Å². The Kier molecular flexibility index (Phi) is 43.6. The van der Waals surface area contributed by atoms with E-state index in [0.717, 1.165) is 96.3 Å². The van der Waals surface area contributed by atoms with Crippen molar-refractivity contribution in [3.63, 3.8) is 0 Å². The Morgan fingerprint density at radius 3 is 1.39 bits per heavy atom. The highest BCUT2D eigenvalue weighted by molar-refractivity contribution is 5.76. The predicted octanol–water partition coefficient (Wildman–Crippen LogP) is 10.2. The summed E-state index contributed by atoms with van der Waals surface area (Å²) in [6.07, 6.45) is 56.1. The third kappa shape index (κ3) is 34.0. The van der Waals surface area contributed by atoms with E-state index in [2.05, 4.69) is 153 Å². The van der Waals surface area contributed by atoms with Gasteiger partial charge in [-0.3, -0.25) is 4.79 Å². The maximum Gasteiger partial charge on any atom is 0.220 e. The van der Waals surface area contributed by atoms with Crippen LogP contribution in [-0.2, 0) is 23.7 Å². The van der Waals surface area contributed by atoms with Crippen LogP contribution in [0.4, 0.5) is 0 Å². The number of hydrogen-bond acceptors (Lipinski definition) is 13. The molecule has 0 aliphatic carbocycles. The van der Waals surface area contributed by atoms with Crippen LogP contribution in [-0.4, -0.2) is 140 Å². The van der Waals surface area contributed by atoms with E-state index in [4.69, 9.17) is 18.9 Å². The molecule has 0 aromatic carbocycles. The molecule has 12 atom stereocenters. The Bertz CT molecular complexity index is 1880. The van der Waals surface area contributed by atoms with E-state index in [1.807, 2.05) is 6.08 Å². The van der Waals surface area contributed by atoms with E-state index in [1.165, 1.54) is 32.1 Å². The number of unbranched alkanes of at least 4 members (excludes halogenated alkanes) is 9. The molecule has 2 fully saturated rings. The molecule has 2 saturated heterocycles. The summed E-state index contributed by atoms with van der Waals surface area (Å²) in [5, 5.41) is 86.8. The van der Waals surface area contributed by atoms with E-state index in [1.54, 1.807) is 6.08 Å². The molecule has 1 amide bonds. The summed E-state index contributed by atoms with van der Waals surface area (Å²) in [4.78, 5) is 13.2. The van der Waals surface area contributed by atoms with Gasteiger partial charge in [0.15, 0.2) is 12.6 Å². The lowest BCUT2D eigenvalue weighted by molar-refractivity contribution is -0.359. The number of aliphatic hydroxyl groups excluding tert-OH is 8. The Hall–Kier alpha value is -4.13. The van der Waals surface area contributed by atoms with Gasteiger partial charge in [-0.15, -0.1) is 0 Å². The van der Waals surface area contributed by atoms with Crippen LogP contribution in [0.25, 0.3) is 0 Å². The maximum absolute atomic E-state index is 13.2. The number of ether oxygens (including phenoxy) is 4. The molecule has 14 nitrogen and oxygen atoms in total. The van der Waals surface area contributed by atoms with Crippen molar-refractivity contribution in [1.82, 2.24) is 5.32 Å². The first-order valence-corrected chi connectivity index (χ1v) is 29.6. The average molecular weight is 1110 g/mol. The van der Waals surface area contributed by atoms with Crippen molar-refractivity contribution in [2.45, 2.75) is 235 Å². The van der Waals surface area contributed by atoms with Gasteiger partial charge in [0.1, 0.15) is 48.8 Å². The van der Waals surface area contributed by atoms with Gasteiger partial charge in [0, 0.05) is 6.42 Å².